The molecule has 0 fully saturated rings. The zero-order chi connectivity index (χ0) is 13.9. The van der Waals surface area contributed by atoms with Gasteiger partial charge in [0.05, 0.1) is 6.54 Å². The summed E-state index contributed by atoms with van der Waals surface area (Å²) in [4.78, 5) is 2.20. The highest BCUT2D eigenvalue weighted by Crippen LogP contribution is 2.28. The Morgan fingerprint density at radius 1 is 1.32 bits per heavy atom. The smallest absolute Gasteiger partial charge is 0.367 e. The molecule has 19 heavy (non-hydrogen) atoms. The maximum absolute atomic E-state index is 12.1. The Hall–Kier alpha value is -1.23. The monoisotopic (exact) mass is 272 g/mol. The van der Waals surface area contributed by atoms with Crippen LogP contribution in [0.2, 0.25) is 0 Å². The first-order valence-corrected chi connectivity index (χ1v) is 6.59. The van der Waals surface area contributed by atoms with Crippen molar-refractivity contribution in [3.63, 3.8) is 0 Å². The minimum Gasteiger partial charge on any atom is -0.367 e. The number of nitrogens with zero attached hydrogens (tertiary/aromatic N) is 1. The Balaban J connectivity index is 1.95. The lowest BCUT2D eigenvalue weighted by atomic mass is 10.0. The van der Waals surface area contributed by atoms with E-state index in [4.69, 9.17) is 0 Å². The van der Waals surface area contributed by atoms with Crippen molar-refractivity contribution < 1.29 is 13.2 Å². The van der Waals surface area contributed by atoms with Gasteiger partial charge in [-0.15, -0.1) is 0 Å². The summed E-state index contributed by atoms with van der Waals surface area (Å²) >= 11 is 0. The van der Waals surface area contributed by atoms with Gasteiger partial charge in [-0.25, -0.2) is 0 Å². The van der Waals surface area contributed by atoms with Crippen LogP contribution in [0.15, 0.2) is 24.3 Å². The Morgan fingerprint density at radius 2 is 2.05 bits per heavy atom. The summed E-state index contributed by atoms with van der Waals surface area (Å²) in [6, 6.07) is 8.19. The van der Waals surface area contributed by atoms with Crippen molar-refractivity contribution in [1.82, 2.24) is 5.32 Å². The summed E-state index contributed by atoms with van der Waals surface area (Å²) in [5.74, 6) is 0. The number of nitrogens with one attached hydrogen (secondary N) is 1. The molecule has 0 amide bonds. The molecule has 0 aliphatic carbocycles. The fraction of sp³-hybridized carbons (Fsp3) is 0.571. The van der Waals surface area contributed by atoms with Crippen LogP contribution >= 0.6 is 0 Å². The predicted octanol–water partition coefficient (Wildman–Crippen LogP) is 2.98. The van der Waals surface area contributed by atoms with E-state index < -0.39 is 12.7 Å². The number of benzene rings is 1. The molecule has 1 unspecified atom stereocenters. The second-order valence-electron chi connectivity index (χ2n) is 5.02. The molecule has 0 radical (unpaired) electrons. The van der Waals surface area contributed by atoms with Crippen LogP contribution in [-0.2, 0) is 6.42 Å². The maximum Gasteiger partial charge on any atom is 0.401 e. The minimum absolute atomic E-state index is 0.0591. The van der Waals surface area contributed by atoms with Gasteiger partial charge in [0.25, 0.3) is 0 Å². The molecule has 0 spiro atoms. The number of alkyl halides is 3. The van der Waals surface area contributed by atoms with Crippen LogP contribution in [0.1, 0.15) is 18.9 Å². The summed E-state index contributed by atoms with van der Waals surface area (Å²) in [5.41, 5.74) is 2.45. The lowest BCUT2D eigenvalue weighted by Crippen LogP contribution is -2.44. The number of para-hydroxylation sites is 1. The molecule has 5 heteroatoms. The second-order valence-corrected chi connectivity index (χ2v) is 5.02. The largest absolute Gasteiger partial charge is 0.401 e. The lowest BCUT2D eigenvalue weighted by Gasteiger charge is -2.36. The maximum atomic E-state index is 12.1. The van der Waals surface area contributed by atoms with Gasteiger partial charge in [-0.1, -0.05) is 18.2 Å². The average Bonchev–Trinajstić information content (AvgIpc) is 2.36. The highest BCUT2D eigenvalue weighted by molar-refractivity contribution is 5.56. The molecule has 0 aromatic heterocycles. The van der Waals surface area contributed by atoms with Gasteiger partial charge in [0.2, 0.25) is 0 Å². The predicted molar refractivity (Wildman–Crippen MR) is 70.5 cm³/mol. The number of fused-ring (bicyclic) bond motifs is 1. The molecule has 2 rings (SSSR count). The van der Waals surface area contributed by atoms with Crippen LogP contribution in [0.5, 0.6) is 0 Å². The lowest BCUT2D eigenvalue weighted by molar-refractivity contribution is -0.124. The van der Waals surface area contributed by atoms with E-state index in [-0.39, 0.29) is 6.04 Å². The van der Waals surface area contributed by atoms with Gasteiger partial charge in [0, 0.05) is 24.8 Å². The first-order chi connectivity index (χ1) is 8.97. The zero-order valence-corrected chi connectivity index (χ0v) is 11.0. The highest BCUT2D eigenvalue weighted by atomic mass is 19.4. The molecular formula is C14H19F3N2. The Labute approximate surface area is 111 Å². The van der Waals surface area contributed by atoms with Gasteiger partial charge in [-0.3, -0.25) is 0 Å². The summed E-state index contributed by atoms with van der Waals surface area (Å²) in [6.07, 6.45) is -2.03. The van der Waals surface area contributed by atoms with Gasteiger partial charge >= 0.3 is 6.18 Å². The molecule has 1 aromatic carbocycles. The molecular weight excluding hydrogens is 253 g/mol. The third kappa shape index (κ3) is 3.86. The number of aryl methyl sites for hydroxylation is 1. The van der Waals surface area contributed by atoms with Gasteiger partial charge in [0.15, 0.2) is 0 Å². The van der Waals surface area contributed by atoms with Gasteiger partial charge in [-0.05, 0) is 31.4 Å². The standard InChI is InChI=1S/C14H19F3N2/c1-11(9-18-10-14(15,16)17)19-8-4-6-12-5-2-3-7-13(12)19/h2-3,5,7,11,18H,4,6,8-10H2,1H3. The average molecular weight is 272 g/mol. The Kier molecular flexibility index (Phi) is 4.34. The zero-order valence-electron chi connectivity index (χ0n) is 11.0. The molecule has 106 valence electrons. The van der Waals surface area contributed by atoms with E-state index in [1.54, 1.807) is 0 Å². The van der Waals surface area contributed by atoms with Gasteiger partial charge in [0.1, 0.15) is 0 Å². The quantitative estimate of drug-likeness (QED) is 0.906. The first-order valence-electron chi connectivity index (χ1n) is 6.59. The second kappa shape index (κ2) is 5.82. The van der Waals surface area contributed by atoms with Crippen molar-refractivity contribution in [2.24, 2.45) is 0 Å². The minimum atomic E-state index is -4.14. The number of anilines is 1. The molecule has 0 bridgehead atoms. The van der Waals surface area contributed by atoms with E-state index in [1.807, 2.05) is 19.1 Å². The fourth-order valence-corrected chi connectivity index (χ4v) is 2.55. The Morgan fingerprint density at radius 3 is 2.79 bits per heavy atom. The van der Waals surface area contributed by atoms with Crippen molar-refractivity contribution in [1.29, 1.82) is 0 Å². The van der Waals surface area contributed by atoms with Gasteiger partial charge < -0.3 is 10.2 Å². The molecule has 1 aliphatic heterocycles. The normalized spacial score (nSPS) is 17.2. The van der Waals surface area contributed by atoms with E-state index in [0.717, 1.165) is 25.1 Å². The summed E-state index contributed by atoms with van der Waals surface area (Å²) in [6.45, 7) is 2.29. The number of halogens is 3. The molecule has 2 nitrogen and oxygen atoms in total. The van der Waals surface area contributed by atoms with E-state index in [0.29, 0.717) is 6.54 Å². The van der Waals surface area contributed by atoms with Crippen molar-refractivity contribution >= 4 is 5.69 Å². The number of rotatable bonds is 4. The van der Waals surface area contributed by atoms with Crippen LogP contribution in [0.25, 0.3) is 0 Å². The summed E-state index contributed by atoms with van der Waals surface area (Å²) in [5, 5.41) is 2.49. The molecule has 0 saturated heterocycles. The van der Waals surface area contributed by atoms with Crippen molar-refractivity contribution in [3.8, 4) is 0 Å². The summed E-state index contributed by atoms with van der Waals surface area (Å²) in [7, 11) is 0. The molecule has 1 atom stereocenters. The van der Waals surface area contributed by atoms with Crippen LogP contribution in [0.4, 0.5) is 18.9 Å². The van der Waals surface area contributed by atoms with E-state index in [2.05, 4.69) is 22.3 Å². The third-order valence-electron chi connectivity index (χ3n) is 3.44. The summed E-state index contributed by atoms with van der Waals surface area (Å²) < 4.78 is 36.3. The van der Waals surface area contributed by atoms with E-state index in [9.17, 15) is 13.2 Å². The topological polar surface area (TPSA) is 15.3 Å². The number of hydrogen-bond donors (Lipinski definition) is 1. The fourth-order valence-electron chi connectivity index (χ4n) is 2.55. The molecule has 1 N–H and O–H groups in total. The number of hydrogen-bond acceptors (Lipinski definition) is 2. The first kappa shape index (κ1) is 14.2. The van der Waals surface area contributed by atoms with Crippen molar-refractivity contribution in [2.45, 2.75) is 32.0 Å². The van der Waals surface area contributed by atoms with E-state index >= 15 is 0 Å². The SMILES string of the molecule is CC(CNCC(F)(F)F)N1CCCc2ccccc21. The van der Waals surface area contributed by atoms with Crippen LogP contribution in [0, 0.1) is 0 Å². The van der Waals surface area contributed by atoms with E-state index in [1.165, 1.54) is 5.56 Å². The Bertz CT molecular complexity index is 417. The molecule has 1 heterocycles. The molecule has 0 saturated carbocycles. The highest BCUT2D eigenvalue weighted by Gasteiger charge is 2.27. The van der Waals surface area contributed by atoms with Crippen LogP contribution in [0.3, 0.4) is 0 Å². The third-order valence-corrected chi connectivity index (χ3v) is 3.44. The van der Waals surface area contributed by atoms with Gasteiger partial charge in [-0.2, -0.15) is 13.2 Å². The van der Waals surface area contributed by atoms with Crippen LogP contribution < -0.4 is 10.2 Å². The van der Waals surface area contributed by atoms with Crippen molar-refractivity contribution in [3.05, 3.63) is 29.8 Å². The molecule has 1 aromatic rings. The molecule has 1 aliphatic rings. The van der Waals surface area contributed by atoms with Crippen LogP contribution in [-0.4, -0.2) is 31.9 Å². The van der Waals surface area contributed by atoms with Crippen molar-refractivity contribution in [2.75, 3.05) is 24.5 Å².